The van der Waals surface area contributed by atoms with Crippen LogP contribution in [0.25, 0.3) is 0 Å². The van der Waals surface area contributed by atoms with Crippen molar-refractivity contribution in [2.75, 3.05) is 0 Å². The van der Waals surface area contributed by atoms with Gasteiger partial charge in [-0.1, -0.05) is 216 Å². The van der Waals surface area contributed by atoms with E-state index in [-0.39, 0.29) is 5.56 Å². The number of rotatable bonds is 1. The number of benzene rings is 1. The third kappa shape index (κ3) is 112. The van der Waals surface area contributed by atoms with Crippen molar-refractivity contribution in [3.8, 4) is 0 Å². The highest BCUT2D eigenvalue weighted by Gasteiger charge is 1.93. The lowest BCUT2D eigenvalue weighted by Gasteiger charge is -2.01. The summed E-state index contributed by atoms with van der Waals surface area (Å²) in [7, 11) is 3.72. The third-order valence-electron chi connectivity index (χ3n) is 3.79. The molecule has 0 aliphatic heterocycles. The molecule has 328 valence electrons. The third-order valence-corrected chi connectivity index (χ3v) is 3.79. The van der Waals surface area contributed by atoms with Crippen molar-refractivity contribution in [3.05, 3.63) is 126 Å². The highest BCUT2D eigenvalue weighted by Crippen LogP contribution is 2.11. The van der Waals surface area contributed by atoms with E-state index in [1.54, 1.807) is 31.7 Å². The predicted molar refractivity (Wildman–Crippen MR) is 263 cm³/mol. The highest BCUT2D eigenvalue weighted by atomic mass is 16.1. The summed E-state index contributed by atoms with van der Waals surface area (Å²) >= 11 is 0. The van der Waals surface area contributed by atoms with Gasteiger partial charge in [-0.25, -0.2) is 0 Å². The van der Waals surface area contributed by atoms with Gasteiger partial charge in [0.05, 0.1) is 0 Å². The van der Waals surface area contributed by atoms with Crippen LogP contribution >= 0.6 is 0 Å². The minimum absolute atomic E-state index is 0.0347. The molecule has 0 aliphatic carbocycles. The molecule has 3 heterocycles. The molecule has 4 rings (SSSR count). The van der Waals surface area contributed by atoms with Crippen LogP contribution in [0.2, 0.25) is 0 Å². The van der Waals surface area contributed by atoms with E-state index >= 15 is 0 Å². The van der Waals surface area contributed by atoms with E-state index in [0.717, 1.165) is 17.8 Å². The fraction of sp³-hybridized carbons (Fsp3) is 0.608. The summed E-state index contributed by atoms with van der Waals surface area (Å²) in [4.78, 5) is 14.4. The maximum Gasteiger partial charge on any atom is 0.250 e. The molecule has 0 radical (unpaired) electrons. The normalized spacial score (nSPS) is 7.55. The quantitative estimate of drug-likeness (QED) is 0.193. The second-order valence-corrected chi connectivity index (χ2v) is 11.8. The van der Waals surface area contributed by atoms with E-state index in [1.165, 1.54) is 16.2 Å². The first kappa shape index (κ1) is 76.3. The van der Waals surface area contributed by atoms with Gasteiger partial charge in [-0.05, 0) is 59.6 Å². The van der Waals surface area contributed by atoms with Gasteiger partial charge in [0.25, 0.3) is 0 Å². The van der Waals surface area contributed by atoms with E-state index < -0.39 is 0 Å². The maximum atomic E-state index is 10.6. The predicted octanol–water partition coefficient (Wildman–Crippen LogP) is 17.5. The van der Waals surface area contributed by atoms with Crippen molar-refractivity contribution in [2.45, 2.75) is 179 Å². The first-order chi connectivity index (χ1) is 26.2. The van der Waals surface area contributed by atoms with Crippen LogP contribution in [0.5, 0.6) is 0 Å². The molecule has 4 heteroatoms. The minimum atomic E-state index is 0.0347. The fourth-order valence-electron chi connectivity index (χ4n) is 2.08. The van der Waals surface area contributed by atoms with Gasteiger partial charge in [0.1, 0.15) is 0 Å². The Morgan fingerprint density at radius 1 is 0.400 bits per heavy atom. The Hall–Kier alpha value is -3.40. The molecule has 3 aromatic heterocycles. The number of aryl methyl sites for hydroxylation is 2. The molecule has 0 atom stereocenters. The van der Waals surface area contributed by atoms with E-state index in [2.05, 4.69) is 105 Å². The summed E-state index contributed by atoms with van der Waals surface area (Å²) < 4.78 is 3.53. The van der Waals surface area contributed by atoms with Crippen LogP contribution in [0.4, 0.5) is 0 Å². The largest absolute Gasteiger partial charge is 0.357 e. The molecule has 0 unspecified atom stereocenters. The zero-order valence-corrected chi connectivity index (χ0v) is 42.5. The molecule has 0 aliphatic rings. The molecule has 0 amide bonds. The van der Waals surface area contributed by atoms with Gasteiger partial charge in [-0.3, -0.25) is 9.78 Å². The average Bonchev–Trinajstić information content (AvgIpc) is 3.70. The number of pyridine rings is 2. The van der Waals surface area contributed by atoms with Crippen LogP contribution < -0.4 is 5.56 Å². The standard InChI is InChI=1S/C9H12.C6H7NO.C5H7N.C5H5N.3C4H10.7C2H6/c1-8(2)9-6-4-3-5-7-9;1-7-5-3-2-4-6(7)8;1-6-4-2-3-5-6;1-2-4-6-5-3-1;3*1-4(2)3;7*1-2/h3-8H,1-2H3;2-5H,1H3;2-5H,1H3;1-5H;3*4H,1-3H3;7*1-2H3. The second kappa shape index (κ2) is 79.4. The second-order valence-electron chi connectivity index (χ2n) is 11.8. The Labute approximate surface area is 349 Å². The van der Waals surface area contributed by atoms with Crippen LogP contribution in [0.1, 0.15) is 185 Å². The Morgan fingerprint density at radius 2 is 0.673 bits per heavy atom. The van der Waals surface area contributed by atoms with Crippen molar-refractivity contribution in [1.29, 1.82) is 0 Å². The summed E-state index contributed by atoms with van der Waals surface area (Å²) in [6, 6.07) is 25.3. The number of aromatic nitrogens is 3. The Kier molecular flexibility index (Phi) is 110. The Morgan fingerprint density at radius 3 is 0.818 bits per heavy atom. The lowest BCUT2D eigenvalue weighted by molar-refractivity contribution is 0.736. The summed E-state index contributed by atoms with van der Waals surface area (Å²) in [5.74, 6) is 3.16. The Balaban J connectivity index is -0.0000000517. The van der Waals surface area contributed by atoms with Gasteiger partial charge in [0.15, 0.2) is 0 Å². The molecular weight excluding hydrogens is 671 g/mol. The summed E-state index contributed by atoms with van der Waals surface area (Å²) in [5, 5.41) is 0. The van der Waals surface area contributed by atoms with E-state index in [4.69, 9.17) is 0 Å². The number of hydrogen-bond acceptors (Lipinski definition) is 2. The van der Waals surface area contributed by atoms with Gasteiger partial charge in [0, 0.05) is 51.1 Å². The first-order valence-corrected chi connectivity index (χ1v) is 21.8. The zero-order valence-electron chi connectivity index (χ0n) is 42.5. The molecule has 55 heavy (non-hydrogen) atoms. The van der Waals surface area contributed by atoms with Gasteiger partial charge < -0.3 is 9.13 Å². The summed E-state index contributed by atoms with van der Waals surface area (Å²) in [5.41, 5.74) is 1.45. The fourth-order valence-corrected chi connectivity index (χ4v) is 2.08. The van der Waals surface area contributed by atoms with E-state index in [0.29, 0.717) is 5.92 Å². The van der Waals surface area contributed by atoms with Crippen molar-refractivity contribution in [1.82, 2.24) is 14.1 Å². The van der Waals surface area contributed by atoms with Gasteiger partial charge >= 0.3 is 0 Å². The molecule has 0 bridgehead atoms. The molecule has 0 saturated carbocycles. The Bertz CT molecular complexity index is 1000. The van der Waals surface area contributed by atoms with E-state index in [9.17, 15) is 4.79 Å². The smallest absolute Gasteiger partial charge is 0.250 e. The van der Waals surface area contributed by atoms with Crippen LogP contribution in [-0.2, 0) is 14.1 Å². The molecule has 1 aromatic carbocycles. The van der Waals surface area contributed by atoms with Crippen molar-refractivity contribution >= 4 is 0 Å². The van der Waals surface area contributed by atoms with Crippen molar-refractivity contribution in [3.63, 3.8) is 0 Å². The van der Waals surface area contributed by atoms with E-state index in [1.807, 2.05) is 163 Å². The van der Waals surface area contributed by atoms with Gasteiger partial charge in [0.2, 0.25) is 5.56 Å². The summed E-state index contributed by atoms with van der Waals surface area (Å²) in [6.07, 6.45) is 9.22. The molecular formula is C51H103N3O. The monoisotopic (exact) mass is 774 g/mol. The number of nitrogens with zero attached hydrogens (tertiary/aromatic N) is 3. The highest BCUT2D eigenvalue weighted by molar-refractivity contribution is 5.17. The molecule has 0 saturated heterocycles. The average molecular weight is 774 g/mol. The molecule has 4 nitrogen and oxygen atoms in total. The van der Waals surface area contributed by atoms with Crippen molar-refractivity contribution in [2.24, 2.45) is 31.8 Å². The van der Waals surface area contributed by atoms with Gasteiger partial charge in [-0.15, -0.1) is 0 Å². The molecule has 0 N–H and O–H groups in total. The SMILES string of the molecule is CC.CC.CC.CC.CC.CC.CC.CC(C)C.CC(C)C.CC(C)C.CC(C)c1ccccc1.Cn1cccc1.Cn1ccccc1=O.c1ccncc1. The lowest BCUT2D eigenvalue weighted by atomic mass is 10.0. The van der Waals surface area contributed by atoms with Crippen LogP contribution in [-0.4, -0.2) is 14.1 Å². The topological polar surface area (TPSA) is 39.8 Å². The molecule has 4 aromatic rings. The van der Waals surface area contributed by atoms with Gasteiger partial charge in [-0.2, -0.15) is 0 Å². The minimum Gasteiger partial charge on any atom is -0.357 e. The lowest BCUT2D eigenvalue weighted by Crippen LogP contribution is -2.12. The van der Waals surface area contributed by atoms with Crippen LogP contribution in [0.3, 0.4) is 0 Å². The van der Waals surface area contributed by atoms with Crippen LogP contribution in [0, 0.1) is 17.8 Å². The van der Waals surface area contributed by atoms with Crippen molar-refractivity contribution < 1.29 is 0 Å². The molecule has 0 spiro atoms. The molecule has 0 fully saturated rings. The maximum absolute atomic E-state index is 10.6. The number of hydrogen-bond donors (Lipinski definition) is 0. The van der Waals surface area contributed by atoms with Crippen LogP contribution in [0.15, 0.2) is 115 Å². The zero-order chi connectivity index (χ0) is 46.1. The summed E-state index contributed by atoms with van der Waals surface area (Å²) in [6.45, 7) is 51.9. The first-order valence-electron chi connectivity index (χ1n) is 21.8.